The predicted octanol–water partition coefficient (Wildman–Crippen LogP) is 2.69. The van der Waals surface area contributed by atoms with Gasteiger partial charge in [-0.2, -0.15) is 23.5 Å². The van der Waals surface area contributed by atoms with E-state index < -0.39 is 46.0 Å². The summed E-state index contributed by atoms with van der Waals surface area (Å²) in [6, 6.07) is 7.12. The number of aromatic carboxylic acids is 1. The molecule has 250 valence electrons. The van der Waals surface area contributed by atoms with Gasteiger partial charge in [0.25, 0.3) is 0 Å². The number of carbonyl (C=O) groups excluding carboxylic acids is 4. The van der Waals surface area contributed by atoms with Crippen molar-refractivity contribution in [2.24, 2.45) is 5.92 Å². The first-order valence-corrected chi connectivity index (χ1v) is 15.1. The fraction of sp³-hybridized carbons (Fsp3) is 0.393. The Kier molecular flexibility index (Phi) is 19.6. The van der Waals surface area contributed by atoms with Crippen LogP contribution in [0.3, 0.4) is 0 Å². The Labute approximate surface area is 267 Å². The number of sulfonamides is 1. The van der Waals surface area contributed by atoms with Gasteiger partial charge >= 0.3 is 36.2 Å². The molecule has 0 amide bonds. The Morgan fingerprint density at radius 3 is 1.52 bits per heavy atom. The van der Waals surface area contributed by atoms with Gasteiger partial charge in [0, 0.05) is 11.2 Å². The van der Waals surface area contributed by atoms with E-state index in [1.807, 2.05) is 0 Å². The van der Waals surface area contributed by atoms with E-state index in [4.69, 9.17) is 41.0 Å². The van der Waals surface area contributed by atoms with Gasteiger partial charge in [0.15, 0.2) is 0 Å². The minimum atomic E-state index is -4.25. The number of rotatable bonds is 6. The molecule has 18 heteroatoms. The van der Waals surface area contributed by atoms with E-state index in [1.54, 1.807) is 12.1 Å². The number of carboxylic acids is 4. The molecule has 1 aromatic heterocycles. The molecule has 4 N–H and O–H groups in total. The van der Waals surface area contributed by atoms with Gasteiger partial charge in [-0.05, 0) is 68.5 Å². The number of carbonyl (C=O) groups is 4. The molecule has 16 nitrogen and oxygen atoms in total. The van der Waals surface area contributed by atoms with Crippen molar-refractivity contribution in [3.63, 3.8) is 0 Å². The average molecular weight is 687 g/mol. The molecule has 2 aromatic rings. The molecule has 1 aromatic carbocycles. The smallest absolute Gasteiger partial charge is 0.373 e. The molecule has 2 fully saturated rings. The zero-order valence-electron chi connectivity index (χ0n) is 24.1. The Morgan fingerprint density at radius 1 is 0.717 bits per heavy atom. The largest absolute Gasteiger partial charge is 0.481 e. The van der Waals surface area contributed by atoms with Gasteiger partial charge in [-0.1, -0.05) is 36.9 Å². The average Bonchev–Trinajstić information content (AvgIpc) is 3.03. The van der Waals surface area contributed by atoms with Crippen LogP contribution >= 0.6 is 11.6 Å². The van der Waals surface area contributed by atoms with Crippen LogP contribution in [0.1, 0.15) is 61.9 Å². The minimum absolute atomic E-state index is 0.0289. The Balaban J connectivity index is 0.000000692. The van der Waals surface area contributed by atoms with Crippen molar-refractivity contribution < 1.29 is 67.2 Å². The first-order chi connectivity index (χ1) is 21.7. The van der Waals surface area contributed by atoms with Crippen molar-refractivity contribution in [3.05, 3.63) is 59.4 Å². The molecule has 2 aliphatic rings. The Bertz CT molecular complexity index is 1420. The van der Waals surface area contributed by atoms with Gasteiger partial charge in [-0.3, -0.25) is 14.4 Å². The zero-order chi connectivity index (χ0) is 35.3. The van der Waals surface area contributed by atoms with Crippen LogP contribution in [0.4, 0.5) is 0 Å². The SMILES string of the molecule is O=C(O)C1CCCC(C(=O)O)N1S(=O)(=O)c1ccc(Cl)cc1.O=C(O)C1CCCCC1.O=C(O)c1ccccn1.O=C=O.O=C=O. The van der Waals surface area contributed by atoms with Crippen LogP contribution in [0.2, 0.25) is 5.02 Å². The van der Waals surface area contributed by atoms with Crippen molar-refractivity contribution in [1.29, 1.82) is 0 Å². The van der Waals surface area contributed by atoms with E-state index in [-0.39, 0.29) is 41.7 Å². The van der Waals surface area contributed by atoms with Crippen LogP contribution in [0.25, 0.3) is 0 Å². The van der Waals surface area contributed by atoms with Crippen molar-refractivity contribution in [2.45, 2.75) is 68.3 Å². The maximum atomic E-state index is 12.7. The maximum Gasteiger partial charge on any atom is 0.373 e. The highest BCUT2D eigenvalue weighted by molar-refractivity contribution is 7.89. The van der Waals surface area contributed by atoms with Gasteiger partial charge in [0.2, 0.25) is 10.0 Å². The summed E-state index contributed by atoms with van der Waals surface area (Å²) in [5.41, 5.74) is 0.0810. The van der Waals surface area contributed by atoms with Crippen LogP contribution in [0.15, 0.2) is 53.6 Å². The molecule has 46 heavy (non-hydrogen) atoms. The number of pyridine rings is 1. The highest BCUT2D eigenvalue weighted by Gasteiger charge is 2.46. The number of piperidine rings is 1. The van der Waals surface area contributed by atoms with Crippen molar-refractivity contribution in [3.8, 4) is 0 Å². The second-order valence-electron chi connectivity index (χ2n) is 9.29. The van der Waals surface area contributed by atoms with Gasteiger partial charge in [-0.25, -0.2) is 18.2 Å². The molecule has 1 saturated carbocycles. The molecule has 2 atom stereocenters. The normalized spacial score (nSPS) is 17.4. The fourth-order valence-corrected chi connectivity index (χ4v) is 6.25. The third kappa shape index (κ3) is 14.3. The predicted molar refractivity (Wildman–Crippen MR) is 153 cm³/mol. The number of carboxylic acid groups (broad SMARTS) is 4. The molecule has 0 bridgehead atoms. The fourth-order valence-electron chi connectivity index (χ4n) is 4.34. The van der Waals surface area contributed by atoms with Crippen molar-refractivity contribution in [1.82, 2.24) is 9.29 Å². The quantitative estimate of drug-likeness (QED) is 0.340. The third-order valence-electron chi connectivity index (χ3n) is 6.37. The Morgan fingerprint density at radius 2 is 1.20 bits per heavy atom. The number of hydrogen-bond donors (Lipinski definition) is 4. The molecule has 0 spiro atoms. The lowest BCUT2D eigenvalue weighted by Gasteiger charge is -2.36. The highest BCUT2D eigenvalue weighted by Crippen LogP contribution is 2.31. The minimum Gasteiger partial charge on any atom is -0.481 e. The van der Waals surface area contributed by atoms with Gasteiger partial charge < -0.3 is 20.4 Å². The molecular formula is C28H31ClN2O14S. The molecule has 0 radical (unpaired) electrons. The van der Waals surface area contributed by atoms with Gasteiger partial charge in [-0.15, -0.1) is 0 Å². The van der Waals surface area contributed by atoms with Crippen LogP contribution in [-0.4, -0.2) is 86.4 Å². The number of aromatic nitrogens is 1. The summed E-state index contributed by atoms with van der Waals surface area (Å²) in [6.07, 6.45) is 7.67. The van der Waals surface area contributed by atoms with Crippen molar-refractivity contribution >= 4 is 57.8 Å². The van der Waals surface area contributed by atoms with Gasteiger partial charge in [0.05, 0.1) is 10.8 Å². The van der Waals surface area contributed by atoms with E-state index in [2.05, 4.69) is 4.98 Å². The molecule has 1 saturated heterocycles. The summed E-state index contributed by atoms with van der Waals surface area (Å²) in [6.45, 7) is 0. The monoisotopic (exact) mass is 686 g/mol. The van der Waals surface area contributed by atoms with Crippen LogP contribution in [-0.2, 0) is 43.6 Å². The summed E-state index contributed by atoms with van der Waals surface area (Å²) in [7, 11) is -4.25. The molecule has 2 heterocycles. The summed E-state index contributed by atoms with van der Waals surface area (Å²) in [4.78, 5) is 79.1. The lowest BCUT2D eigenvalue weighted by molar-refractivity contribution is -0.193. The van der Waals surface area contributed by atoms with E-state index >= 15 is 0 Å². The summed E-state index contributed by atoms with van der Waals surface area (Å²) in [5, 5.41) is 35.7. The number of nitrogens with zero attached hydrogens (tertiary/aromatic N) is 2. The number of benzene rings is 1. The van der Waals surface area contributed by atoms with Crippen molar-refractivity contribution in [2.75, 3.05) is 0 Å². The maximum absolute atomic E-state index is 12.7. The van der Waals surface area contributed by atoms with E-state index in [0.29, 0.717) is 15.7 Å². The number of aliphatic carboxylic acids is 3. The van der Waals surface area contributed by atoms with E-state index in [9.17, 15) is 37.8 Å². The van der Waals surface area contributed by atoms with Crippen LogP contribution < -0.4 is 0 Å². The first kappa shape index (κ1) is 41.2. The van der Waals surface area contributed by atoms with E-state index in [0.717, 1.165) is 25.7 Å². The lowest BCUT2D eigenvalue weighted by atomic mass is 9.90. The second kappa shape index (κ2) is 21.8. The molecule has 1 aliphatic heterocycles. The Hall–Kier alpha value is -4.79. The zero-order valence-corrected chi connectivity index (χ0v) is 25.6. The summed E-state index contributed by atoms with van der Waals surface area (Å²) >= 11 is 5.71. The van der Waals surface area contributed by atoms with Gasteiger partial charge in [0.1, 0.15) is 17.8 Å². The molecule has 2 unspecified atom stereocenters. The third-order valence-corrected chi connectivity index (χ3v) is 8.55. The summed E-state index contributed by atoms with van der Waals surface area (Å²) < 4.78 is 26.0. The molecule has 4 rings (SSSR count). The summed E-state index contributed by atoms with van der Waals surface area (Å²) in [5.74, 6) is -4.34. The highest BCUT2D eigenvalue weighted by atomic mass is 35.5. The standard InChI is InChI=1S/C13H14ClNO6S.C7H12O2.C6H5NO2.2CO2/c14-8-4-6-9(7-5-8)22(20,21)15-10(12(16)17)2-1-3-11(15)13(18)19;8-7(9)6-4-2-1-3-5-6;8-6(9)5-3-1-2-4-7-5;2*2-1-3/h4-7,10-11H,1-3H2,(H,16,17)(H,18,19);6H,1-5H2,(H,8,9);1-4H,(H,8,9);;. The molecule has 1 aliphatic carbocycles. The van der Waals surface area contributed by atoms with E-state index in [1.165, 1.54) is 42.9 Å². The molecular weight excluding hydrogens is 656 g/mol. The van der Waals surface area contributed by atoms with Crippen LogP contribution in [0.5, 0.6) is 0 Å². The topological polar surface area (TPSA) is 268 Å². The van der Waals surface area contributed by atoms with Crippen LogP contribution in [0, 0.1) is 5.92 Å². The first-order valence-electron chi connectivity index (χ1n) is 13.3. The second-order valence-corrected chi connectivity index (χ2v) is 11.6. The lowest BCUT2D eigenvalue weighted by Crippen LogP contribution is -2.55. The number of hydrogen-bond acceptors (Lipinski definition) is 11. The number of halogens is 1.